The number of imidazole rings is 1. The molecule has 1 N–H and O–H groups in total. The van der Waals surface area contributed by atoms with Gasteiger partial charge < -0.3 is 9.88 Å². The lowest BCUT2D eigenvalue weighted by Crippen LogP contribution is -2.57. The first-order valence-electron chi connectivity index (χ1n) is 10.1. The van der Waals surface area contributed by atoms with Gasteiger partial charge in [0.1, 0.15) is 0 Å². The highest BCUT2D eigenvalue weighted by Crippen LogP contribution is 2.42. The number of hydrogen-bond acceptors (Lipinski definition) is 4. The maximum atomic E-state index is 13.3. The molecule has 0 radical (unpaired) electrons. The van der Waals surface area contributed by atoms with Crippen LogP contribution in [-0.2, 0) is 12.0 Å². The van der Waals surface area contributed by atoms with E-state index in [-0.39, 0.29) is 11.4 Å². The molecular formula is C22H25N5O. The highest BCUT2D eigenvalue weighted by Gasteiger charge is 2.46. The summed E-state index contributed by atoms with van der Waals surface area (Å²) < 4.78 is 0. The number of nitrogens with one attached hydrogen (secondary N) is 1. The van der Waals surface area contributed by atoms with Gasteiger partial charge in [0, 0.05) is 43.3 Å². The van der Waals surface area contributed by atoms with Gasteiger partial charge in [-0.15, -0.1) is 0 Å². The normalized spacial score (nSPS) is 19.1. The van der Waals surface area contributed by atoms with E-state index in [0.717, 1.165) is 61.9 Å². The molecule has 2 aliphatic rings. The van der Waals surface area contributed by atoms with Gasteiger partial charge in [0.15, 0.2) is 0 Å². The molecule has 2 aliphatic heterocycles. The fraction of sp³-hybridized carbons (Fsp3) is 0.409. The molecule has 6 heteroatoms. The van der Waals surface area contributed by atoms with Crippen molar-refractivity contribution in [2.24, 2.45) is 0 Å². The fourth-order valence-electron chi connectivity index (χ4n) is 5.07. The van der Waals surface area contributed by atoms with Crippen LogP contribution >= 0.6 is 0 Å². The third-order valence-corrected chi connectivity index (χ3v) is 6.54. The summed E-state index contributed by atoms with van der Waals surface area (Å²) in [5, 5.41) is 0.928. The maximum Gasteiger partial charge on any atom is 0.254 e. The van der Waals surface area contributed by atoms with Gasteiger partial charge in [0.25, 0.3) is 5.91 Å². The highest BCUT2D eigenvalue weighted by atomic mass is 16.2. The summed E-state index contributed by atoms with van der Waals surface area (Å²) in [7, 11) is 0. The quantitative estimate of drug-likeness (QED) is 0.748. The van der Waals surface area contributed by atoms with Crippen LogP contribution in [0.5, 0.6) is 0 Å². The number of likely N-dealkylation sites (tertiary alicyclic amines) is 1. The van der Waals surface area contributed by atoms with Gasteiger partial charge in [-0.2, -0.15) is 0 Å². The van der Waals surface area contributed by atoms with Crippen molar-refractivity contribution in [3.05, 3.63) is 59.8 Å². The van der Waals surface area contributed by atoms with Crippen molar-refractivity contribution in [1.29, 1.82) is 0 Å². The average Bonchev–Trinajstić information content (AvgIpc) is 3.24. The average molecular weight is 375 g/mol. The van der Waals surface area contributed by atoms with Gasteiger partial charge in [0.2, 0.25) is 0 Å². The first kappa shape index (κ1) is 17.4. The first-order chi connectivity index (χ1) is 13.7. The second kappa shape index (κ2) is 6.71. The van der Waals surface area contributed by atoms with Gasteiger partial charge >= 0.3 is 0 Å². The van der Waals surface area contributed by atoms with Crippen LogP contribution in [0, 0.1) is 0 Å². The number of H-pyrrole nitrogens is 1. The summed E-state index contributed by atoms with van der Waals surface area (Å²) >= 11 is 0. The van der Waals surface area contributed by atoms with E-state index in [2.05, 4.69) is 21.8 Å². The Morgan fingerprint density at radius 1 is 1.14 bits per heavy atom. The number of nitrogens with zero attached hydrogens (tertiary/aromatic N) is 4. The first-order valence-corrected chi connectivity index (χ1v) is 10.1. The van der Waals surface area contributed by atoms with E-state index in [1.165, 1.54) is 11.4 Å². The van der Waals surface area contributed by atoms with Crippen LogP contribution in [-0.4, -0.2) is 56.8 Å². The van der Waals surface area contributed by atoms with E-state index in [0.29, 0.717) is 0 Å². The zero-order valence-electron chi connectivity index (χ0n) is 16.2. The molecule has 1 aromatic carbocycles. The van der Waals surface area contributed by atoms with Crippen molar-refractivity contribution in [1.82, 2.24) is 24.8 Å². The lowest BCUT2D eigenvalue weighted by Gasteiger charge is -2.50. The van der Waals surface area contributed by atoms with Crippen molar-refractivity contribution in [3.63, 3.8) is 0 Å². The summed E-state index contributed by atoms with van der Waals surface area (Å²) in [5.74, 6) is 0.106. The number of fused-ring (bicyclic) bond motifs is 3. The van der Waals surface area contributed by atoms with E-state index in [1.807, 2.05) is 41.6 Å². The number of carbonyl (C=O) groups is 1. The smallest absolute Gasteiger partial charge is 0.254 e. The molecule has 2 aromatic heterocycles. The standard InChI is InChI=1S/C22H25N5O/c1-2-27-12-8-19-20(25-15-24-19)22(27)9-13-26(14-10-22)21(28)17-7-11-23-18-6-4-3-5-16(17)18/h3-7,11,15H,2,8-10,12-14H2,1H3,(H,24,25). The van der Waals surface area contributed by atoms with Gasteiger partial charge in [-0.25, -0.2) is 4.98 Å². The number of amides is 1. The van der Waals surface area contributed by atoms with Crippen molar-refractivity contribution in [2.45, 2.75) is 31.7 Å². The topological polar surface area (TPSA) is 65.1 Å². The summed E-state index contributed by atoms with van der Waals surface area (Å²) in [6, 6.07) is 9.71. The fourth-order valence-corrected chi connectivity index (χ4v) is 5.07. The Hall–Kier alpha value is -2.73. The molecule has 5 rings (SSSR count). The molecule has 28 heavy (non-hydrogen) atoms. The van der Waals surface area contributed by atoms with Crippen molar-refractivity contribution in [3.8, 4) is 0 Å². The minimum absolute atomic E-state index is 0.0422. The molecule has 1 spiro atoms. The Labute approximate surface area is 164 Å². The number of rotatable bonds is 2. The second-order valence-electron chi connectivity index (χ2n) is 7.76. The van der Waals surface area contributed by atoms with E-state index in [4.69, 9.17) is 4.98 Å². The molecule has 3 aromatic rings. The number of para-hydroxylation sites is 1. The summed E-state index contributed by atoms with van der Waals surface area (Å²) in [6.07, 6.45) is 6.43. The third kappa shape index (κ3) is 2.55. The molecule has 0 atom stereocenters. The van der Waals surface area contributed by atoms with Gasteiger partial charge in [-0.3, -0.25) is 14.7 Å². The molecule has 1 fully saturated rings. The van der Waals surface area contributed by atoms with Crippen LogP contribution in [0.3, 0.4) is 0 Å². The van der Waals surface area contributed by atoms with E-state index in [9.17, 15) is 4.79 Å². The molecule has 6 nitrogen and oxygen atoms in total. The van der Waals surface area contributed by atoms with E-state index >= 15 is 0 Å². The van der Waals surface area contributed by atoms with Crippen LogP contribution in [0.4, 0.5) is 0 Å². The van der Waals surface area contributed by atoms with Gasteiger partial charge in [-0.1, -0.05) is 25.1 Å². The van der Waals surface area contributed by atoms with Gasteiger partial charge in [-0.05, 0) is 31.5 Å². The SMILES string of the molecule is CCN1CCc2[nH]cnc2C12CCN(C(=O)c1ccnc3ccccc13)CC2. The molecule has 0 saturated carbocycles. The molecule has 1 amide bonds. The van der Waals surface area contributed by atoms with Crippen molar-refractivity contribution < 1.29 is 4.79 Å². The number of carbonyl (C=O) groups excluding carboxylic acids is 1. The summed E-state index contributed by atoms with van der Waals surface area (Å²) in [4.78, 5) is 30.3. The monoisotopic (exact) mass is 375 g/mol. The van der Waals surface area contributed by atoms with Gasteiger partial charge in [0.05, 0.1) is 28.6 Å². The zero-order chi connectivity index (χ0) is 19.1. The number of hydrogen-bond donors (Lipinski definition) is 1. The van der Waals surface area contributed by atoms with Crippen LogP contribution in [0.1, 0.15) is 41.5 Å². The van der Waals surface area contributed by atoms with Crippen molar-refractivity contribution in [2.75, 3.05) is 26.2 Å². The van der Waals surface area contributed by atoms with Crippen LogP contribution in [0.15, 0.2) is 42.9 Å². The molecule has 0 unspecified atom stereocenters. The van der Waals surface area contributed by atoms with Crippen LogP contribution in [0.2, 0.25) is 0 Å². The maximum absolute atomic E-state index is 13.3. The number of benzene rings is 1. The van der Waals surface area contributed by atoms with Crippen LogP contribution in [0.25, 0.3) is 10.9 Å². The predicted octanol–water partition coefficient (Wildman–Crippen LogP) is 2.97. The Kier molecular flexibility index (Phi) is 4.16. The Bertz CT molecular complexity index is 1010. The number of aromatic nitrogens is 3. The lowest BCUT2D eigenvalue weighted by atomic mass is 9.78. The minimum Gasteiger partial charge on any atom is -0.348 e. The number of pyridine rings is 1. The zero-order valence-corrected chi connectivity index (χ0v) is 16.2. The summed E-state index contributed by atoms with van der Waals surface area (Å²) in [5.41, 5.74) is 4.04. The largest absolute Gasteiger partial charge is 0.348 e. The van der Waals surface area contributed by atoms with Crippen LogP contribution < -0.4 is 0 Å². The Morgan fingerprint density at radius 2 is 1.96 bits per heavy atom. The Balaban J connectivity index is 1.42. The minimum atomic E-state index is -0.0422. The number of aromatic amines is 1. The van der Waals surface area contributed by atoms with E-state index < -0.39 is 0 Å². The lowest BCUT2D eigenvalue weighted by molar-refractivity contribution is 0.0103. The number of piperidine rings is 1. The molecule has 0 bridgehead atoms. The highest BCUT2D eigenvalue weighted by molar-refractivity contribution is 6.06. The van der Waals surface area contributed by atoms with Crippen molar-refractivity contribution >= 4 is 16.8 Å². The molecule has 4 heterocycles. The molecule has 0 aliphatic carbocycles. The summed E-state index contributed by atoms with van der Waals surface area (Å²) in [6.45, 7) is 5.78. The Morgan fingerprint density at radius 3 is 2.79 bits per heavy atom. The second-order valence-corrected chi connectivity index (χ2v) is 7.76. The predicted molar refractivity (Wildman–Crippen MR) is 108 cm³/mol. The third-order valence-electron chi connectivity index (χ3n) is 6.54. The molecular weight excluding hydrogens is 350 g/mol. The number of likely N-dealkylation sites (N-methyl/N-ethyl adjacent to an activating group) is 1. The molecule has 144 valence electrons. The van der Waals surface area contributed by atoms with E-state index in [1.54, 1.807) is 6.20 Å². The molecule has 1 saturated heterocycles.